The SMILES string of the molecule is CC1(C)COC(=O)N[C@@H]1c1cc(Br)cc(C(F)(F)F)c1.Cl. The molecule has 1 amide bonds. The number of amides is 1. The number of ether oxygens (including phenoxy) is 1. The van der Waals surface area contributed by atoms with E-state index in [0.29, 0.717) is 10.0 Å². The molecule has 1 heterocycles. The van der Waals surface area contributed by atoms with Crippen LogP contribution < -0.4 is 5.32 Å². The van der Waals surface area contributed by atoms with Crippen LogP contribution in [0.4, 0.5) is 18.0 Å². The molecule has 0 radical (unpaired) electrons. The maximum absolute atomic E-state index is 12.9. The standard InChI is InChI=1S/C13H13BrF3NO2.ClH/c1-12(2)6-20-11(19)18-10(12)7-3-8(13(15,16)17)5-9(14)4-7;/h3-5,10H,6H2,1-2H3,(H,18,19);1H/t10-;/m1./s1. The van der Waals surface area contributed by atoms with Gasteiger partial charge in [0.1, 0.15) is 6.61 Å². The second-order valence-corrected chi connectivity index (χ2v) is 6.33. The maximum atomic E-state index is 12.9. The Balaban J connectivity index is 0.00000220. The van der Waals surface area contributed by atoms with Gasteiger partial charge in [0.15, 0.2) is 0 Å². The topological polar surface area (TPSA) is 38.3 Å². The van der Waals surface area contributed by atoms with E-state index in [2.05, 4.69) is 21.2 Å². The van der Waals surface area contributed by atoms with E-state index in [9.17, 15) is 18.0 Å². The molecule has 1 aliphatic heterocycles. The van der Waals surface area contributed by atoms with Crippen LogP contribution in [0.25, 0.3) is 0 Å². The minimum atomic E-state index is -4.43. The van der Waals surface area contributed by atoms with E-state index in [4.69, 9.17) is 4.74 Å². The van der Waals surface area contributed by atoms with Gasteiger partial charge in [-0.2, -0.15) is 13.2 Å². The lowest BCUT2D eigenvalue weighted by Gasteiger charge is -2.38. The van der Waals surface area contributed by atoms with Gasteiger partial charge in [-0.25, -0.2) is 4.79 Å². The molecule has 1 atom stereocenters. The Morgan fingerprint density at radius 2 is 1.95 bits per heavy atom. The number of benzene rings is 1. The summed E-state index contributed by atoms with van der Waals surface area (Å²) in [5, 5.41) is 2.58. The van der Waals surface area contributed by atoms with Crippen LogP contribution in [0.5, 0.6) is 0 Å². The van der Waals surface area contributed by atoms with Crippen molar-refractivity contribution >= 4 is 34.4 Å². The summed E-state index contributed by atoms with van der Waals surface area (Å²) in [5.41, 5.74) is -0.857. The molecule has 0 bridgehead atoms. The lowest BCUT2D eigenvalue weighted by Crippen LogP contribution is -2.47. The number of alkyl halides is 3. The van der Waals surface area contributed by atoms with Crippen molar-refractivity contribution in [1.29, 1.82) is 0 Å². The van der Waals surface area contributed by atoms with Gasteiger partial charge >= 0.3 is 12.3 Å². The van der Waals surface area contributed by atoms with Crippen molar-refractivity contribution in [2.24, 2.45) is 5.41 Å². The van der Waals surface area contributed by atoms with E-state index in [1.54, 1.807) is 6.07 Å². The van der Waals surface area contributed by atoms with Crippen LogP contribution in [0, 0.1) is 5.41 Å². The highest BCUT2D eigenvalue weighted by molar-refractivity contribution is 9.10. The largest absolute Gasteiger partial charge is 0.449 e. The monoisotopic (exact) mass is 387 g/mol. The Morgan fingerprint density at radius 1 is 1.33 bits per heavy atom. The van der Waals surface area contributed by atoms with E-state index in [1.165, 1.54) is 0 Å². The Hall–Kier alpha value is -0.950. The van der Waals surface area contributed by atoms with Crippen LogP contribution in [0.3, 0.4) is 0 Å². The number of carbonyl (C=O) groups excluding carboxylic acids is 1. The zero-order valence-corrected chi connectivity index (χ0v) is 13.7. The second kappa shape index (κ2) is 6.04. The van der Waals surface area contributed by atoms with Gasteiger partial charge in [0.2, 0.25) is 0 Å². The quantitative estimate of drug-likeness (QED) is 0.757. The van der Waals surface area contributed by atoms with E-state index >= 15 is 0 Å². The molecular formula is C13H14BrClF3NO2. The van der Waals surface area contributed by atoms with Gasteiger partial charge in [0, 0.05) is 9.89 Å². The normalized spacial score (nSPS) is 21.0. The van der Waals surface area contributed by atoms with E-state index in [-0.39, 0.29) is 19.0 Å². The van der Waals surface area contributed by atoms with Crippen LogP contribution in [0.1, 0.15) is 31.0 Å². The zero-order valence-electron chi connectivity index (χ0n) is 11.3. The third-order valence-corrected chi connectivity index (χ3v) is 3.66. The highest BCUT2D eigenvalue weighted by Crippen LogP contribution is 2.40. The Morgan fingerprint density at radius 3 is 2.52 bits per heavy atom. The van der Waals surface area contributed by atoms with Crippen molar-refractivity contribution in [3.05, 3.63) is 33.8 Å². The van der Waals surface area contributed by atoms with Crippen LogP contribution in [-0.2, 0) is 10.9 Å². The highest BCUT2D eigenvalue weighted by Gasteiger charge is 2.39. The first-order chi connectivity index (χ1) is 9.09. The Labute approximate surface area is 134 Å². The predicted molar refractivity (Wildman–Crippen MR) is 77.4 cm³/mol. The van der Waals surface area contributed by atoms with Crippen molar-refractivity contribution in [2.45, 2.75) is 26.1 Å². The number of alkyl carbamates (subject to hydrolysis) is 1. The fourth-order valence-electron chi connectivity index (χ4n) is 2.17. The highest BCUT2D eigenvalue weighted by atomic mass is 79.9. The summed E-state index contributed by atoms with van der Waals surface area (Å²) in [6.45, 7) is 3.80. The molecule has 0 aromatic heterocycles. The molecule has 8 heteroatoms. The summed E-state index contributed by atoms with van der Waals surface area (Å²) in [4.78, 5) is 11.3. The Kier molecular flexibility index (Phi) is 5.21. The lowest BCUT2D eigenvalue weighted by molar-refractivity contribution is -0.137. The van der Waals surface area contributed by atoms with Gasteiger partial charge in [-0.15, -0.1) is 12.4 Å². The summed E-state index contributed by atoms with van der Waals surface area (Å²) in [6, 6.07) is 3.11. The molecule has 0 spiro atoms. The molecule has 0 saturated carbocycles. The van der Waals surface area contributed by atoms with Crippen molar-refractivity contribution in [3.63, 3.8) is 0 Å². The van der Waals surface area contributed by atoms with Gasteiger partial charge in [-0.1, -0.05) is 29.8 Å². The number of hydrogen-bond donors (Lipinski definition) is 1. The Bertz CT molecular complexity index is 549. The summed E-state index contributed by atoms with van der Waals surface area (Å²) in [6.07, 6.45) is -5.06. The van der Waals surface area contributed by atoms with Gasteiger partial charge in [0.25, 0.3) is 0 Å². The molecule has 1 fully saturated rings. The average Bonchev–Trinajstić information content (AvgIpc) is 2.30. The first-order valence-electron chi connectivity index (χ1n) is 5.90. The van der Waals surface area contributed by atoms with Crippen LogP contribution in [0.15, 0.2) is 22.7 Å². The minimum absolute atomic E-state index is 0. The van der Waals surface area contributed by atoms with Crippen LogP contribution in [-0.4, -0.2) is 12.7 Å². The first-order valence-corrected chi connectivity index (χ1v) is 6.70. The molecule has 0 unspecified atom stereocenters. The number of hydrogen-bond acceptors (Lipinski definition) is 2. The van der Waals surface area contributed by atoms with Crippen LogP contribution in [0.2, 0.25) is 0 Å². The average molecular weight is 389 g/mol. The van der Waals surface area contributed by atoms with E-state index in [1.807, 2.05) is 13.8 Å². The van der Waals surface area contributed by atoms with Gasteiger partial charge in [0.05, 0.1) is 11.6 Å². The molecule has 1 N–H and O–H groups in total. The molecular weight excluding hydrogens is 374 g/mol. The van der Waals surface area contributed by atoms with Crippen molar-refractivity contribution in [3.8, 4) is 0 Å². The lowest BCUT2D eigenvalue weighted by atomic mass is 9.80. The van der Waals surface area contributed by atoms with Crippen molar-refractivity contribution in [2.75, 3.05) is 6.61 Å². The molecule has 1 saturated heterocycles. The van der Waals surface area contributed by atoms with E-state index in [0.717, 1.165) is 12.1 Å². The maximum Gasteiger partial charge on any atom is 0.416 e. The number of rotatable bonds is 1. The third-order valence-electron chi connectivity index (χ3n) is 3.20. The summed E-state index contributed by atoms with van der Waals surface area (Å²) in [7, 11) is 0. The van der Waals surface area contributed by atoms with Gasteiger partial charge < -0.3 is 10.1 Å². The molecule has 2 rings (SSSR count). The fraction of sp³-hybridized carbons (Fsp3) is 0.462. The predicted octanol–water partition coefficient (Wildman–Crippen LogP) is 4.70. The van der Waals surface area contributed by atoms with Crippen LogP contribution >= 0.6 is 28.3 Å². The number of nitrogens with one attached hydrogen (secondary N) is 1. The molecule has 118 valence electrons. The zero-order chi connectivity index (χ0) is 15.1. The summed E-state index contributed by atoms with van der Waals surface area (Å²) in [5.74, 6) is 0. The smallest absolute Gasteiger partial charge is 0.416 e. The van der Waals surface area contributed by atoms with Crippen molar-refractivity contribution < 1.29 is 22.7 Å². The summed E-state index contributed by atoms with van der Waals surface area (Å²) < 4.78 is 43.8. The number of halogens is 5. The second-order valence-electron chi connectivity index (χ2n) is 5.41. The molecule has 3 nitrogen and oxygen atoms in total. The number of carbonyl (C=O) groups is 1. The first kappa shape index (κ1) is 18.1. The number of cyclic esters (lactones) is 1. The van der Waals surface area contributed by atoms with Crippen molar-refractivity contribution in [1.82, 2.24) is 5.32 Å². The molecule has 0 aliphatic carbocycles. The molecule has 1 aromatic rings. The van der Waals surface area contributed by atoms with E-state index < -0.39 is 29.3 Å². The van der Waals surface area contributed by atoms with Gasteiger partial charge in [-0.05, 0) is 23.8 Å². The molecule has 21 heavy (non-hydrogen) atoms. The molecule has 1 aromatic carbocycles. The summed E-state index contributed by atoms with van der Waals surface area (Å²) >= 11 is 3.08. The third kappa shape index (κ3) is 4.03. The minimum Gasteiger partial charge on any atom is -0.449 e. The fourth-order valence-corrected chi connectivity index (χ4v) is 2.68. The van der Waals surface area contributed by atoms with Gasteiger partial charge in [-0.3, -0.25) is 0 Å². The molecule has 1 aliphatic rings.